The van der Waals surface area contributed by atoms with E-state index in [0.717, 1.165) is 11.1 Å². The topological polar surface area (TPSA) is 38.3 Å². The van der Waals surface area contributed by atoms with Gasteiger partial charge >= 0.3 is 6.09 Å². The Bertz CT molecular complexity index is 435. The number of benzene rings is 1. The van der Waals surface area contributed by atoms with Crippen LogP contribution in [0.2, 0.25) is 0 Å². The van der Waals surface area contributed by atoms with Crippen LogP contribution < -0.4 is 5.32 Å². The molecular weight excluding hydrogens is 226 g/mol. The Morgan fingerprint density at radius 1 is 1.28 bits per heavy atom. The van der Waals surface area contributed by atoms with Crippen molar-refractivity contribution in [3.8, 4) is 12.3 Å². The zero-order chi connectivity index (χ0) is 13.6. The summed E-state index contributed by atoms with van der Waals surface area (Å²) in [6.45, 7) is 5.95. The van der Waals surface area contributed by atoms with E-state index >= 15 is 0 Å². The molecule has 0 fully saturated rings. The molecule has 96 valence electrons. The van der Waals surface area contributed by atoms with Gasteiger partial charge in [0.2, 0.25) is 0 Å². The molecule has 1 aromatic carbocycles. The number of alkyl carbamates (subject to hydrolysis) is 1. The van der Waals surface area contributed by atoms with Crippen molar-refractivity contribution in [2.75, 3.05) is 0 Å². The number of terminal acetylenes is 1. The van der Waals surface area contributed by atoms with Gasteiger partial charge in [-0.05, 0) is 31.9 Å². The molecule has 0 heterocycles. The SMILES string of the molecule is C#CCc1ccc(CNC(=O)OC(C)(C)C)cc1. The van der Waals surface area contributed by atoms with Gasteiger partial charge in [-0.15, -0.1) is 12.3 Å². The summed E-state index contributed by atoms with van der Waals surface area (Å²) >= 11 is 0. The second kappa shape index (κ2) is 6.11. The number of amides is 1. The predicted octanol–water partition coefficient (Wildman–Crippen LogP) is 2.89. The quantitative estimate of drug-likeness (QED) is 0.831. The minimum atomic E-state index is -0.471. The van der Waals surface area contributed by atoms with Crippen molar-refractivity contribution < 1.29 is 9.53 Å². The second-order valence-corrected chi connectivity index (χ2v) is 5.05. The number of nitrogens with one attached hydrogen (secondary N) is 1. The molecule has 0 aliphatic rings. The summed E-state index contributed by atoms with van der Waals surface area (Å²) in [5.74, 6) is 2.59. The summed E-state index contributed by atoms with van der Waals surface area (Å²) in [7, 11) is 0. The van der Waals surface area contributed by atoms with Crippen LogP contribution in [0.3, 0.4) is 0 Å². The van der Waals surface area contributed by atoms with Gasteiger partial charge in [0.25, 0.3) is 0 Å². The Labute approximate surface area is 109 Å². The monoisotopic (exact) mass is 245 g/mol. The molecule has 1 N–H and O–H groups in total. The van der Waals surface area contributed by atoms with Gasteiger partial charge in [-0.25, -0.2) is 4.79 Å². The third-order valence-electron chi connectivity index (χ3n) is 2.16. The maximum absolute atomic E-state index is 11.4. The van der Waals surface area contributed by atoms with Gasteiger partial charge in [0.15, 0.2) is 0 Å². The number of rotatable bonds is 3. The maximum Gasteiger partial charge on any atom is 0.407 e. The van der Waals surface area contributed by atoms with Gasteiger partial charge in [-0.3, -0.25) is 0 Å². The molecule has 3 nitrogen and oxygen atoms in total. The summed E-state index contributed by atoms with van der Waals surface area (Å²) in [6, 6.07) is 7.83. The van der Waals surface area contributed by atoms with Crippen LogP contribution in [0.15, 0.2) is 24.3 Å². The molecule has 18 heavy (non-hydrogen) atoms. The Morgan fingerprint density at radius 3 is 2.33 bits per heavy atom. The molecule has 0 bridgehead atoms. The molecular formula is C15H19NO2. The summed E-state index contributed by atoms with van der Waals surface area (Å²) in [4.78, 5) is 11.4. The van der Waals surface area contributed by atoms with Crippen LogP contribution in [-0.4, -0.2) is 11.7 Å². The minimum Gasteiger partial charge on any atom is -0.444 e. The highest BCUT2D eigenvalue weighted by molar-refractivity contribution is 5.67. The molecule has 0 radical (unpaired) electrons. The average molecular weight is 245 g/mol. The molecule has 1 aromatic rings. The smallest absolute Gasteiger partial charge is 0.407 e. The average Bonchev–Trinajstić information content (AvgIpc) is 2.26. The maximum atomic E-state index is 11.4. The molecule has 0 saturated heterocycles. The van der Waals surface area contributed by atoms with Crippen LogP contribution >= 0.6 is 0 Å². The molecule has 0 aromatic heterocycles. The van der Waals surface area contributed by atoms with Crippen molar-refractivity contribution in [3.05, 3.63) is 35.4 Å². The Kier molecular flexibility index (Phi) is 4.79. The molecule has 0 aliphatic carbocycles. The minimum absolute atomic E-state index is 0.407. The lowest BCUT2D eigenvalue weighted by atomic mass is 10.1. The fourth-order valence-electron chi connectivity index (χ4n) is 1.38. The number of hydrogen-bond donors (Lipinski definition) is 1. The highest BCUT2D eigenvalue weighted by Gasteiger charge is 2.15. The van der Waals surface area contributed by atoms with Crippen LogP contribution in [-0.2, 0) is 17.7 Å². The first-order valence-electron chi connectivity index (χ1n) is 5.89. The molecule has 0 spiro atoms. The van der Waals surface area contributed by atoms with Gasteiger partial charge in [0.1, 0.15) is 5.60 Å². The second-order valence-electron chi connectivity index (χ2n) is 5.05. The van der Waals surface area contributed by atoms with Gasteiger partial charge in [-0.1, -0.05) is 24.3 Å². The fourth-order valence-corrected chi connectivity index (χ4v) is 1.38. The van der Waals surface area contributed by atoms with Crippen LogP contribution in [0.5, 0.6) is 0 Å². The van der Waals surface area contributed by atoms with E-state index in [4.69, 9.17) is 11.2 Å². The fraction of sp³-hybridized carbons (Fsp3) is 0.400. The summed E-state index contributed by atoms with van der Waals surface area (Å²) in [5.41, 5.74) is 1.64. The number of carbonyl (C=O) groups excluding carboxylic acids is 1. The predicted molar refractivity (Wildman–Crippen MR) is 72.1 cm³/mol. The Balaban J connectivity index is 2.44. The zero-order valence-corrected chi connectivity index (χ0v) is 11.1. The summed E-state index contributed by atoms with van der Waals surface area (Å²) < 4.78 is 5.15. The Hall–Kier alpha value is -1.95. The molecule has 0 saturated carbocycles. The van der Waals surface area contributed by atoms with Crippen molar-refractivity contribution in [3.63, 3.8) is 0 Å². The van der Waals surface area contributed by atoms with Gasteiger partial charge < -0.3 is 10.1 Å². The van der Waals surface area contributed by atoms with Crippen molar-refractivity contribution in [1.82, 2.24) is 5.32 Å². The van der Waals surface area contributed by atoms with E-state index in [-0.39, 0.29) is 0 Å². The summed E-state index contributed by atoms with van der Waals surface area (Å²) in [6.07, 6.45) is 5.45. The standard InChI is InChI=1S/C15H19NO2/c1-5-6-12-7-9-13(10-8-12)11-16-14(17)18-15(2,3)4/h1,7-10H,6,11H2,2-4H3,(H,16,17). The molecule has 0 aliphatic heterocycles. The zero-order valence-electron chi connectivity index (χ0n) is 11.1. The van der Waals surface area contributed by atoms with Crippen LogP contribution in [0.25, 0.3) is 0 Å². The molecule has 0 unspecified atom stereocenters. The van der Waals surface area contributed by atoms with Crippen LogP contribution in [0.4, 0.5) is 4.79 Å². The van der Waals surface area contributed by atoms with E-state index in [1.807, 2.05) is 45.0 Å². The lowest BCUT2D eigenvalue weighted by Crippen LogP contribution is -2.32. The van der Waals surface area contributed by atoms with Gasteiger partial charge in [0, 0.05) is 13.0 Å². The van der Waals surface area contributed by atoms with Crippen LogP contribution in [0, 0.1) is 12.3 Å². The highest BCUT2D eigenvalue weighted by atomic mass is 16.6. The largest absolute Gasteiger partial charge is 0.444 e. The van der Waals surface area contributed by atoms with Crippen LogP contribution in [0.1, 0.15) is 31.9 Å². The van der Waals surface area contributed by atoms with Crippen molar-refractivity contribution in [2.45, 2.75) is 39.3 Å². The Morgan fingerprint density at radius 2 is 1.83 bits per heavy atom. The van der Waals surface area contributed by atoms with Gasteiger partial charge in [-0.2, -0.15) is 0 Å². The van der Waals surface area contributed by atoms with E-state index in [2.05, 4.69) is 11.2 Å². The van der Waals surface area contributed by atoms with E-state index in [9.17, 15) is 4.79 Å². The van der Waals surface area contributed by atoms with Crippen molar-refractivity contribution in [2.24, 2.45) is 0 Å². The first-order chi connectivity index (χ1) is 8.40. The third kappa shape index (κ3) is 5.40. The number of carbonyl (C=O) groups is 1. The molecule has 1 rings (SSSR count). The van der Waals surface area contributed by atoms with Crippen molar-refractivity contribution >= 4 is 6.09 Å². The highest BCUT2D eigenvalue weighted by Crippen LogP contribution is 2.08. The van der Waals surface area contributed by atoms with E-state index in [1.54, 1.807) is 0 Å². The van der Waals surface area contributed by atoms with E-state index < -0.39 is 11.7 Å². The van der Waals surface area contributed by atoms with E-state index in [1.165, 1.54) is 0 Å². The molecule has 1 amide bonds. The lowest BCUT2D eigenvalue weighted by molar-refractivity contribution is 0.0523. The van der Waals surface area contributed by atoms with Gasteiger partial charge in [0.05, 0.1) is 0 Å². The number of hydrogen-bond acceptors (Lipinski definition) is 2. The first-order valence-corrected chi connectivity index (χ1v) is 5.89. The van der Waals surface area contributed by atoms with Crippen molar-refractivity contribution in [1.29, 1.82) is 0 Å². The lowest BCUT2D eigenvalue weighted by Gasteiger charge is -2.19. The normalized spacial score (nSPS) is 10.6. The first kappa shape index (κ1) is 14.1. The van der Waals surface area contributed by atoms with E-state index in [0.29, 0.717) is 13.0 Å². The molecule has 3 heteroatoms. The summed E-state index contributed by atoms with van der Waals surface area (Å²) in [5, 5.41) is 2.71. The third-order valence-corrected chi connectivity index (χ3v) is 2.16. The number of ether oxygens (including phenoxy) is 1. The molecule has 0 atom stereocenters.